The maximum absolute atomic E-state index is 11.6. The van der Waals surface area contributed by atoms with Crippen LogP contribution in [-0.4, -0.2) is 25.2 Å². The third kappa shape index (κ3) is 5.62. The number of esters is 2. The number of hydrogen-bond acceptors (Lipinski definition) is 8. The van der Waals surface area contributed by atoms with Crippen molar-refractivity contribution in [3.05, 3.63) is 92.5 Å². The first-order chi connectivity index (χ1) is 16.4. The fourth-order valence-corrected chi connectivity index (χ4v) is 9.50. The molecule has 2 unspecified atom stereocenters. The monoisotopic (exact) mass is 528 g/mol. The van der Waals surface area contributed by atoms with Gasteiger partial charge in [-0.05, 0) is 57.7 Å². The van der Waals surface area contributed by atoms with Gasteiger partial charge in [0, 0.05) is 22.0 Å². The highest BCUT2D eigenvalue weighted by Crippen LogP contribution is 2.61. The molecule has 2 aliphatic rings. The molecule has 2 aromatic rings. The molecule has 2 aliphatic heterocycles. The van der Waals surface area contributed by atoms with Crippen molar-refractivity contribution in [3.8, 4) is 0 Å². The lowest BCUT2D eigenvalue weighted by Gasteiger charge is -2.20. The summed E-state index contributed by atoms with van der Waals surface area (Å²) < 4.78 is 10.9. The average Bonchev–Trinajstić information content (AvgIpc) is 3.41. The third-order valence-corrected chi connectivity index (χ3v) is 11.2. The molecule has 0 amide bonds. The van der Waals surface area contributed by atoms with E-state index in [1.807, 2.05) is 0 Å². The van der Waals surface area contributed by atoms with Crippen molar-refractivity contribution in [3.63, 3.8) is 0 Å². The van der Waals surface area contributed by atoms with Gasteiger partial charge in [-0.2, -0.15) is 0 Å². The van der Waals surface area contributed by atoms with E-state index >= 15 is 0 Å². The molecule has 0 bridgehead atoms. The molecule has 8 heteroatoms. The smallest absolute Gasteiger partial charge is 0.330 e. The summed E-state index contributed by atoms with van der Waals surface area (Å²) in [4.78, 5) is 27.6. The maximum atomic E-state index is 11.6. The molecular formula is C26H24O4S4. The van der Waals surface area contributed by atoms with E-state index in [0.717, 1.165) is 9.81 Å². The number of fused-ring (bicyclic) bond motifs is 1. The highest BCUT2D eigenvalue weighted by molar-refractivity contribution is 8.23. The fourth-order valence-electron chi connectivity index (χ4n) is 3.53. The van der Waals surface area contributed by atoms with E-state index in [-0.39, 0.29) is 22.4 Å². The molecule has 2 heterocycles. The molecule has 0 spiro atoms. The first-order valence-corrected chi connectivity index (χ1v) is 14.1. The van der Waals surface area contributed by atoms with Crippen LogP contribution >= 0.6 is 47.0 Å². The van der Waals surface area contributed by atoms with Gasteiger partial charge >= 0.3 is 11.9 Å². The summed E-state index contributed by atoms with van der Waals surface area (Å²) in [6.45, 7) is 11.6. The Balaban J connectivity index is 1.60. The summed E-state index contributed by atoms with van der Waals surface area (Å²) in [7, 11) is 0. The largest absolute Gasteiger partial charge is 0.457 e. The Hall–Kier alpha value is -2.00. The van der Waals surface area contributed by atoms with Gasteiger partial charge in [-0.15, -0.1) is 47.0 Å². The molecule has 2 aromatic carbocycles. The molecule has 0 fully saturated rings. The predicted molar refractivity (Wildman–Crippen MR) is 148 cm³/mol. The average molecular weight is 529 g/mol. The second-order valence-corrected chi connectivity index (χ2v) is 13.2. The van der Waals surface area contributed by atoms with Gasteiger partial charge in [0.2, 0.25) is 0 Å². The van der Waals surface area contributed by atoms with E-state index < -0.39 is 11.9 Å². The standard InChI is InChI=1S/C26H24O4S4/c1-5-23(27)29-13-21-15(3)31-25(33-21)19-11-17-9-7-8-10-18(17)12-20(19)26-32-16(4)22(34-26)14-30-24(28)6-2/h5-12,25-26H,1-2,13-14H2,3-4H3. The van der Waals surface area contributed by atoms with E-state index in [1.54, 1.807) is 47.0 Å². The molecular weight excluding hydrogens is 505 g/mol. The zero-order chi connectivity index (χ0) is 24.2. The summed E-state index contributed by atoms with van der Waals surface area (Å²) in [5, 5.41) is 2.40. The van der Waals surface area contributed by atoms with Crippen LogP contribution < -0.4 is 0 Å². The molecule has 0 aliphatic carbocycles. The van der Waals surface area contributed by atoms with Gasteiger partial charge in [-0.3, -0.25) is 0 Å². The zero-order valence-electron chi connectivity index (χ0n) is 18.9. The summed E-state index contributed by atoms with van der Waals surface area (Å²) in [6.07, 6.45) is 2.38. The van der Waals surface area contributed by atoms with Crippen LogP contribution in [0.3, 0.4) is 0 Å². The van der Waals surface area contributed by atoms with Gasteiger partial charge in [0.15, 0.2) is 0 Å². The summed E-state index contributed by atoms with van der Waals surface area (Å²) in [5.41, 5.74) is 2.53. The first-order valence-electron chi connectivity index (χ1n) is 10.6. The van der Waals surface area contributed by atoms with Crippen molar-refractivity contribution in [1.82, 2.24) is 0 Å². The molecule has 0 N–H and O–H groups in total. The Labute approximate surface area is 216 Å². The first kappa shape index (κ1) is 25.1. The van der Waals surface area contributed by atoms with E-state index in [1.165, 1.54) is 43.9 Å². The van der Waals surface area contributed by atoms with Crippen LogP contribution in [0, 0.1) is 0 Å². The molecule has 176 valence electrons. The van der Waals surface area contributed by atoms with Gasteiger partial charge < -0.3 is 9.47 Å². The van der Waals surface area contributed by atoms with Crippen LogP contribution in [0.15, 0.2) is 81.3 Å². The van der Waals surface area contributed by atoms with Gasteiger partial charge in [0.05, 0.1) is 9.16 Å². The molecule has 4 rings (SSSR count). The van der Waals surface area contributed by atoms with Gasteiger partial charge in [0.1, 0.15) is 13.2 Å². The molecule has 0 saturated heterocycles. The highest BCUT2D eigenvalue weighted by atomic mass is 32.2. The second-order valence-electron chi connectivity index (χ2n) is 7.55. The minimum Gasteiger partial charge on any atom is -0.457 e. The number of thioether (sulfide) groups is 4. The van der Waals surface area contributed by atoms with Crippen LogP contribution in [0.25, 0.3) is 10.8 Å². The lowest BCUT2D eigenvalue weighted by atomic mass is 10.0. The van der Waals surface area contributed by atoms with Crippen molar-refractivity contribution in [1.29, 1.82) is 0 Å². The number of ether oxygens (including phenoxy) is 2. The number of allylic oxidation sites excluding steroid dienone is 2. The van der Waals surface area contributed by atoms with Crippen molar-refractivity contribution in [2.45, 2.75) is 23.0 Å². The van der Waals surface area contributed by atoms with Crippen LogP contribution in [0.5, 0.6) is 0 Å². The summed E-state index contributed by atoms with van der Waals surface area (Å²) >= 11 is 7.08. The Morgan fingerprint density at radius 1 is 0.794 bits per heavy atom. The topological polar surface area (TPSA) is 52.6 Å². The van der Waals surface area contributed by atoms with Crippen molar-refractivity contribution >= 4 is 69.8 Å². The molecule has 4 nitrogen and oxygen atoms in total. The van der Waals surface area contributed by atoms with E-state index in [0.29, 0.717) is 0 Å². The van der Waals surface area contributed by atoms with Crippen LogP contribution in [-0.2, 0) is 19.1 Å². The van der Waals surface area contributed by atoms with Crippen molar-refractivity contribution in [2.24, 2.45) is 0 Å². The number of hydrogen-bond donors (Lipinski definition) is 0. The lowest BCUT2D eigenvalue weighted by Crippen LogP contribution is -2.03. The van der Waals surface area contributed by atoms with Crippen LogP contribution in [0.2, 0.25) is 0 Å². The number of carbonyl (C=O) groups excluding carboxylic acids is 2. The predicted octanol–water partition coefficient (Wildman–Crippen LogP) is 7.72. The van der Waals surface area contributed by atoms with Crippen LogP contribution in [0.4, 0.5) is 0 Å². The number of benzene rings is 2. The van der Waals surface area contributed by atoms with Gasteiger partial charge in [-0.1, -0.05) is 37.4 Å². The minimum absolute atomic E-state index is 0.168. The van der Waals surface area contributed by atoms with Crippen molar-refractivity contribution in [2.75, 3.05) is 13.2 Å². The van der Waals surface area contributed by atoms with E-state index in [4.69, 9.17) is 9.47 Å². The van der Waals surface area contributed by atoms with Gasteiger partial charge in [-0.25, -0.2) is 9.59 Å². The summed E-state index contributed by atoms with van der Waals surface area (Å²) in [5.74, 6) is -0.823. The number of carbonyl (C=O) groups is 2. The van der Waals surface area contributed by atoms with Crippen molar-refractivity contribution < 1.29 is 19.1 Å². The Kier molecular flexibility index (Phi) is 8.24. The summed E-state index contributed by atoms with van der Waals surface area (Å²) in [6, 6.07) is 13.0. The van der Waals surface area contributed by atoms with E-state index in [2.05, 4.69) is 63.4 Å². The maximum Gasteiger partial charge on any atom is 0.330 e. The van der Waals surface area contributed by atoms with Crippen LogP contribution in [0.1, 0.15) is 34.1 Å². The molecule has 0 saturated carbocycles. The lowest BCUT2D eigenvalue weighted by molar-refractivity contribution is -0.137. The number of rotatable bonds is 8. The second kappa shape index (κ2) is 11.2. The third-order valence-electron chi connectivity index (χ3n) is 5.34. The quantitative estimate of drug-likeness (QED) is 0.255. The molecule has 2 atom stereocenters. The zero-order valence-corrected chi connectivity index (χ0v) is 22.1. The molecule has 34 heavy (non-hydrogen) atoms. The SMILES string of the molecule is C=CC(=O)OCC1=C(C)SC(c2cc3ccccc3cc2C2SC(C)=C(COC(=O)C=C)S2)S1. The molecule has 0 radical (unpaired) electrons. The minimum atomic E-state index is -0.411. The van der Waals surface area contributed by atoms with Gasteiger partial charge in [0.25, 0.3) is 0 Å². The Morgan fingerprint density at radius 3 is 1.59 bits per heavy atom. The van der Waals surface area contributed by atoms with E-state index in [9.17, 15) is 9.59 Å². The normalized spacial score (nSPS) is 20.1. The highest BCUT2D eigenvalue weighted by Gasteiger charge is 2.33. The Morgan fingerprint density at radius 2 is 1.21 bits per heavy atom. The Bertz CT molecular complexity index is 1140. The fraction of sp³-hybridized carbons (Fsp3) is 0.231. The molecule has 0 aromatic heterocycles.